The van der Waals surface area contributed by atoms with E-state index in [1.54, 1.807) is 0 Å². The molecule has 30 heavy (non-hydrogen) atoms. The summed E-state index contributed by atoms with van der Waals surface area (Å²) in [5.41, 5.74) is 2.64. The number of hydrogen-bond donors (Lipinski definition) is 2. The maximum atomic E-state index is 9.55. The van der Waals surface area contributed by atoms with E-state index in [4.69, 9.17) is 15.1 Å². The van der Waals surface area contributed by atoms with Crippen molar-refractivity contribution >= 4 is 17.7 Å². The molecule has 8 heteroatoms. The van der Waals surface area contributed by atoms with Crippen LogP contribution >= 0.6 is 0 Å². The van der Waals surface area contributed by atoms with Gasteiger partial charge in [-0.15, -0.1) is 0 Å². The van der Waals surface area contributed by atoms with Crippen LogP contribution in [0.2, 0.25) is 0 Å². The predicted molar refractivity (Wildman–Crippen MR) is 118 cm³/mol. The first-order valence-electron chi connectivity index (χ1n) is 10.9. The lowest BCUT2D eigenvalue weighted by atomic mass is 9.92. The second-order valence-corrected chi connectivity index (χ2v) is 7.60. The van der Waals surface area contributed by atoms with Gasteiger partial charge in [-0.2, -0.15) is 0 Å². The van der Waals surface area contributed by atoms with Crippen LogP contribution in [0.4, 0.5) is 0 Å². The molecule has 1 aliphatic carbocycles. The lowest BCUT2D eigenvalue weighted by Crippen LogP contribution is -2.44. The summed E-state index contributed by atoms with van der Waals surface area (Å²) in [6.45, 7) is 8.87. The fourth-order valence-electron chi connectivity index (χ4n) is 3.25. The zero-order valence-electron chi connectivity index (χ0n) is 18.4. The van der Waals surface area contributed by atoms with Crippen LogP contribution in [-0.2, 0) is 14.4 Å². The van der Waals surface area contributed by atoms with Crippen molar-refractivity contribution in [2.45, 2.75) is 51.9 Å². The number of aliphatic carboxylic acids is 2. The van der Waals surface area contributed by atoms with E-state index in [2.05, 4.69) is 35.0 Å². The molecule has 0 aromatic carbocycles. The third-order valence-corrected chi connectivity index (χ3v) is 5.01. The van der Waals surface area contributed by atoms with Crippen molar-refractivity contribution in [2.24, 2.45) is 5.16 Å². The van der Waals surface area contributed by atoms with E-state index < -0.39 is 11.9 Å². The molecule has 0 spiro atoms. The lowest BCUT2D eigenvalue weighted by Gasteiger charge is -2.32. The number of rotatable bonds is 9. The second kappa shape index (κ2) is 15.6. The van der Waals surface area contributed by atoms with Gasteiger partial charge in [0, 0.05) is 44.9 Å². The monoisotopic (exact) mass is 423 g/mol. The maximum absolute atomic E-state index is 9.55. The Hall–Kier alpha value is -2.19. The summed E-state index contributed by atoms with van der Waals surface area (Å²) >= 11 is 0. The molecule has 170 valence electrons. The summed E-state index contributed by atoms with van der Waals surface area (Å²) in [7, 11) is 2.20. The summed E-state index contributed by atoms with van der Waals surface area (Å²) in [4.78, 5) is 29.6. The van der Waals surface area contributed by atoms with E-state index in [1.165, 1.54) is 63.1 Å². The van der Waals surface area contributed by atoms with Crippen molar-refractivity contribution < 1.29 is 24.6 Å². The molecule has 0 aromatic heterocycles. The molecule has 1 saturated heterocycles. The molecule has 1 heterocycles. The average Bonchev–Trinajstić information content (AvgIpc) is 2.73. The highest BCUT2D eigenvalue weighted by molar-refractivity contribution is 6.00. The summed E-state index contributed by atoms with van der Waals surface area (Å²) in [6.07, 6.45) is 11.8. The van der Waals surface area contributed by atoms with Gasteiger partial charge >= 0.3 is 11.9 Å². The van der Waals surface area contributed by atoms with Gasteiger partial charge in [-0.1, -0.05) is 24.6 Å². The summed E-state index contributed by atoms with van der Waals surface area (Å²) in [5.74, 6) is -2.51. The standard InChI is InChI=1S/C18H33N3O.C4H4O4/c1-3-4-8-17-9-5-6-10-18(17)19-22-16-7-11-21-14-12-20(2)13-15-21;5-3(6)1-2-4(7)8/h8H,3-7,9-16H2,1-2H3;1-2H,(H,5,6)(H,7,8)/b17-8+,19-18+;2-1+. The van der Waals surface area contributed by atoms with Crippen LogP contribution in [0.1, 0.15) is 51.9 Å². The van der Waals surface area contributed by atoms with Crippen LogP contribution in [-0.4, -0.2) is 84.0 Å². The highest BCUT2D eigenvalue weighted by Gasteiger charge is 2.14. The smallest absolute Gasteiger partial charge is 0.328 e. The highest BCUT2D eigenvalue weighted by atomic mass is 16.6. The minimum absolute atomic E-state index is 0.558. The largest absolute Gasteiger partial charge is 0.478 e. The molecule has 0 atom stereocenters. The number of nitrogens with zero attached hydrogens (tertiary/aromatic N) is 3. The molecule has 0 aromatic rings. The van der Waals surface area contributed by atoms with Crippen LogP contribution in [0.3, 0.4) is 0 Å². The molecular formula is C22H37N3O5. The minimum atomic E-state index is -1.26. The van der Waals surface area contributed by atoms with E-state index in [0.717, 1.165) is 32.4 Å². The lowest BCUT2D eigenvalue weighted by molar-refractivity contribution is -0.134. The van der Waals surface area contributed by atoms with Gasteiger partial charge in [0.25, 0.3) is 0 Å². The van der Waals surface area contributed by atoms with Crippen molar-refractivity contribution in [3.05, 3.63) is 23.8 Å². The number of carboxylic acids is 2. The summed E-state index contributed by atoms with van der Waals surface area (Å²) in [6, 6.07) is 0. The van der Waals surface area contributed by atoms with Crippen molar-refractivity contribution in [3.8, 4) is 0 Å². The van der Waals surface area contributed by atoms with Gasteiger partial charge in [-0.25, -0.2) is 9.59 Å². The zero-order valence-corrected chi connectivity index (χ0v) is 18.4. The first-order chi connectivity index (χ1) is 14.4. The Morgan fingerprint density at radius 1 is 1.07 bits per heavy atom. The van der Waals surface area contributed by atoms with E-state index in [0.29, 0.717) is 12.2 Å². The Kier molecular flexibility index (Phi) is 13.5. The van der Waals surface area contributed by atoms with Gasteiger partial charge in [0.1, 0.15) is 6.61 Å². The van der Waals surface area contributed by atoms with Crippen LogP contribution in [0.25, 0.3) is 0 Å². The molecule has 2 aliphatic rings. The Morgan fingerprint density at radius 3 is 2.30 bits per heavy atom. The number of carboxylic acid groups (broad SMARTS) is 2. The molecule has 1 aliphatic heterocycles. The Morgan fingerprint density at radius 2 is 1.70 bits per heavy atom. The number of hydrogen-bond acceptors (Lipinski definition) is 6. The van der Waals surface area contributed by atoms with Crippen molar-refractivity contribution in [3.63, 3.8) is 0 Å². The molecule has 1 saturated carbocycles. The van der Waals surface area contributed by atoms with Crippen LogP contribution < -0.4 is 0 Å². The Bertz CT molecular complexity index is 592. The number of likely N-dealkylation sites (N-methyl/N-ethyl adjacent to an activating group) is 1. The number of unbranched alkanes of at least 4 members (excludes halogenated alkanes) is 1. The van der Waals surface area contributed by atoms with Crippen molar-refractivity contribution in [1.29, 1.82) is 0 Å². The minimum Gasteiger partial charge on any atom is -0.478 e. The van der Waals surface area contributed by atoms with E-state index in [1.807, 2.05) is 0 Å². The van der Waals surface area contributed by atoms with Gasteiger partial charge in [0.05, 0.1) is 5.71 Å². The normalized spacial score (nSPS) is 20.9. The fourth-order valence-corrected chi connectivity index (χ4v) is 3.25. The van der Waals surface area contributed by atoms with Gasteiger partial charge in [0.2, 0.25) is 0 Å². The molecule has 0 radical (unpaired) electrons. The third kappa shape index (κ3) is 12.4. The fraction of sp³-hybridized carbons (Fsp3) is 0.682. The molecule has 2 rings (SSSR count). The van der Waals surface area contributed by atoms with Crippen LogP contribution in [0.5, 0.6) is 0 Å². The number of piperazine rings is 1. The first-order valence-corrected chi connectivity index (χ1v) is 10.9. The maximum Gasteiger partial charge on any atom is 0.328 e. The quantitative estimate of drug-likeness (QED) is 0.334. The average molecular weight is 424 g/mol. The number of oxime groups is 1. The molecule has 0 unspecified atom stereocenters. The number of carbonyl (C=O) groups is 2. The van der Waals surface area contributed by atoms with Gasteiger partial charge < -0.3 is 24.9 Å². The Balaban J connectivity index is 0.000000479. The van der Waals surface area contributed by atoms with Crippen molar-refractivity contribution in [1.82, 2.24) is 9.80 Å². The Labute approximate surface area is 179 Å². The molecular weight excluding hydrogens is 386 g/mol. The zero-order chi connectivity index (χ0) is 22.2. The molecule has 2 N–H and O–H groups in total. The molecule has 2 fully saturated rings. The van der Waals surface area contributed by atoms with E-state index in [-0.39, 0.29) is 0 Å². The topological polar surface area (TPSA) is 103 Å². The first kappa shape index (κ1) is 25.8. The van der Waals surface area contributed by atoms with Gasteiger partial charge in [-0.3, -0.25) is 0 Å². The summed E-state index contributed by atoms with van der Waals surface area (Å²) < 4.78 is 0. The van der Waals surface area contributed by atoms with Gasteiger partial charge in [-0.05, 0) is 51.1 Å². The van der Waals surface area contributed by atoms with Gasteiger partial charge in [0.15, 0.2) is 0 Å². The van der Waals surface area contributed by atoms with Crippen LogP contribution in [0.15, 0.2) is 29.0 Å². The van der Waals surface area contributed by atoms with E-state index in [9.17, 15) is 9.59 Å². The molecule has 0 amide bonds. The van der Waals surface area contributed by atoms with E-state index >= 15 is 0 Å². The number of allylic oxidation sites excluding steroid dienone is 2. The third-order valence-electron chi connectivity index (χ3n) is 5.01. The summed E-state index contributed by atoms with van der Waals surface area (Å²) in [5, 5.41) is 20.1. The van der Waals surface area contributed by atoms with Crippen LogP contribution in [0, 0.1) is 0 Å². The van der Waals surface area contributed by atoms with Crippen molar-refractivity contribution in [2.75, 3.05) is 46.4 Å². The predicted octanol–water partition coefficient (Wildman–Crippen LogP) is 3.01. The highest BCUT2D eigenvalue weighted by Crippen LogP contribution is 2.22. The molecule has 8 nitrogen and oxygen atoms in total. The second-order valence-electron chi connectivity index (χ2n) is 7.60. The SMILES string of the molecule is CCC/C=C1\CCCC\C1=N/OCCCN1CCN(C)CC1.O=C(O)/C=C/C(=O)O. The molecule has 0 bridgehead atoms.